The van der Waals surface area contributed by atoms with Crippen molar-refractivity contribution in [2.45, 2.75) is 49.7 Å². The minimum atomic E-state index is -0.238. The molecule has 3 aromatic rings. The lowest BCUT2D eigenvalue weighted by Crippen LogP contribution is -2.30. The Morgan fingerprint density at radius 3 is 2.86 bits per heavy atom. The molecule has 0 saturated heterocycles. The molecular formula is C21H25N5OS2. The van der Waals surface area contributed by atoms with Crippen molar-refractivity contribution in [1.29, 1.82) is 0 Å². The summed E-state index contributed by atoms with van der Waals surface area (Å²) >= 11 is 2.90. The van der Waals surface area contributed by atoms with Crippen LogP contribution < -0.4 is 5.32 Å². The molecule has 2 heterocycles. The third-order valence-electron chi connectivity index (χ3n) is 5.24. The Hall–Kier alpha value is -2.19. The summed E-state index contributed by atoms with van der Waals surface area (Å²) in [6, 6.07) is 9.68. The monoisotopic (exact) mass is 427 g/mol. The van der Waals surface area contributed by atoms with Crippen LogP contribution in [0, 0.1) is 5.92 Å². The molecule has 1 aliphatic carbocycles. The van der Waals surface area contributed by atoms with Gasteiger partial charge in [0, 0.05) is 18.0 Å². The zero-order valence-electron chi connectivity index (χ0n) is 16.2. The molecule has 2 aromatic heterocycles. The lowest BCUT2D eigenvalue weighted by Gasteiger charge is -2.16. The first-order valence-electron chi connectivity index (χ1n) is 10.1. The molecule has 2 N–H and O–H groups in total. The van der Waals surface area contributed by atoms with Gasteiger partial charge in [0.2, 0.25) is 11.1 Å². The van der Waals surface area contributed by atoms with Crippen molar-refractivity contribution < 1.29 is 4.79 Å². The fourth-order valence-corrected chi connectivity index (χ4v) is 5.08. The second-order valence-electron chi connectivity index (χ2n) is 7.32. The molecule has 1 aromatic carbocycles. The highest BCUT2D eigenvalue weighted by Crippen LogP contribution is 2.28. The van der Waals surface area contributed by atoms with Crippen LogP contribution >= 0.6 is 23.1 Å². The molecule has 6 nitrogen and oxygen atoms in total. The highest BCUT2D eigenvalue weighted by molar-refractivity contribution is 7.99. The van der Waals surface area contributed by atoms with Gasteiger partial charge in [-0.05, 0) is 17.9 Å². The molecule has 1 aliphatic rings. The summed E-state index contributed by atoms with van der Waals surface area (Å²) < 4.78 is 0. The Morgan fingerprint density at radius 1 is 1.28 bits per heavy atom. The van der Waals surface area contributed by atoms with Crippen molar-refractivity contribution in [1.82, 2.24) is 25.5 Å². The number of aromatic nitrogens is 4. The number of hydrogen-bond acceptors (Lipinski definition) is 6. The molecular weight excluding hydrogens is 402 g/mol. The van der Waals surface area contributed by atoms with E-state index in [1.807, 2.05) is 35.7 Å². The van der Waals surface area contributed by atoms with Crippen molar-refractivity contribution >= 4 is 29.0 Å². The average Bonchev–Trinajstić information content (AvgIpc) is 3.52. The normalized spacial score (nSPS) is 15.4. The van der Waals surface area contributed by atoms with Gasteiger partial charge in [0.25, 0.3) is 0 Å². The number of thioether (sulfide) groups is 1. The number of amides is 1. The lowest BCUT2D eigenvalue weighted by atomic mass is 10.0. The number of hydrogen-bond donors (Lipinski definition) is 2. The molecule has 1 fully saturated rings. The number of aryl methyl sites for hydroxylation is 1. The molecule has 1 saturated carbocycles. The summed E-state index contributed by atoms with van der Waals surface area (Å²) in [5.41, 5.74) is 1.02. The van der Waals surface area contributed by atoms with Crippen molar-refractivity contribution in [3.05, 3.63) is 58.3 Å². The first-order chi connectivity index (χ1) is 14.3. The number of nitrogens with one attached hydrogen (secondary N) is 2. The van der Waals surface area contributed by atoms with Crippen LogP contribution in [-0.4, -0.2) is 31.8 Å². The van der Waals surface area contributed by atoms with Gasteiger partial charge in [-0.15, -0.1) is 16.4 Å². The second-order valence-corrected chi connectivity index (χ2v) is 9.19. The Balaban J connectivity index is 1.29. The predicted octanol–water partition coefficient (Wildman–Crippen LogP) is 4.38. The molecule has 1 amide bonds. The fraction of sp³-hybridized carbons (Fsp3) is 0.429. The van der Waals surface area contributed by atoms with Crippen molar-refractivity contribution in [3.8, 4) is 0 Å². The van der Waals surface area contributed by atoms with Crippen LogP contribution in [0.15, 0.2) is 47.1 Å². The van der Waals surface area contributed by atoms with Crippen molar-refractivity contribution in [2.75, 3.05) is 5.75 Å². The summed E-state index contributed by atoms with van der Waals surface area (Å²) in [6.45, 7) is 0. The molecule has 0 aliphatic heterocycles. The number of rotatable bonds is 9. The minimum absolute atomic E-state index is 0.0589. The first-order valence-corrected chi connectivity index (χ1v) is 11.9. The zero-order valence-corrected chi connectivity index (χ0v) is 17.8. The quantitative estimate of drug-likeness (QED) is 0.495. The van der Waals surface area contributed by atoms with Crippen LogP contribution in [0.5, 0.6) is 0 Å². The first kappa shape index (κ1) is 20.1. The number of thiazole rings is 1. The van der Waals surface area contributed by atoms with Gasteiger partial charge in [0.1, 0.15) is 16.9 Å². The third-order valence-corrected chi connectivity index (χ3v) is 6.93. The predicted molar refractivity (Wildman–Crippen MR) is 116 cm³/mol. The van der Waals surface area contributed by atoms with Gasteiger partial charge in [-0.25, -0.2) is 9.97 Å². The molecule has 0 spiro atoms. The number of H-pyrrole nitrogens is 1. The Bertz CT molecular complexity index is 891. The Kier molecular flexibility index (Phi) is 6.95. The van der Waals surface area contributed by atoms with Gasteiger partial charge in [-0.3, -0.25) is 9.89 Å². The maximum atomic E-state index is 12.6. The molecule has 152 valence electrons. The van der Waals surface area contributed by atoms with E-state index in [0.717, 1.165) is 28.7 Å². The molecule has 4 rings (SSSR count). The molecule has 1 unspecified atom stereocenters. The van der Waals surface area contributed by atoms with E-state index in [-0.39, 0.29) is 17.7 Å². The number of benzene rings is 1. The summed E-state index contributed by atoms with van der Waals surface area (Å²) in [7, 11) is 0. The maximum absolute atomic E-state index is 12.6. The second kappa shape index (κ2) is 10.0. The minimum Gasteiger partial charge on any atom is -0.342 e. The van der Waals surface area contributed by atoms with E-state index in [1.165, 1.54) is 55.2 Å². The molecule has 8 heteroatoms. The highest BCUT2D eigenvalue weighted by atomic mass is 32.2. The van der Waals surface area contributed by atoms with E-state index >= 15 is 0 Å². The summed E-state index contributed by atoms with van der Waals surface area (Å²) in [5, 5.41) is 13.8. The van der Waals surface area contributed by atoms with E-state index in [0.29, 0.717) is 5.16 Å². The number of carbonyl (C=O) groups is 1. The Morgan fingerprint density at radius 2 is 2.10 bits per heavy atom. The van der Waals surface area contributed by atoms with Gasteiger partial charge < -0.3 is 5.32 Å². The van der Waals surface area contributed by atoms with Gasteiger partial charge in [-0.2, -0.15) is 0 Å². The average molecular weight is 428 g/mol. The molecule has 0 radical (unpaired) electrons. The van der Waals surface area contributed by atoms with E-state index in [1.54, 1.807) is 6.20 Å². The largest absolute Gasteiger partial charge is 0.342 e. The standard InChI is InChI=1S/C21H25N5OS2/c27-18(24-19(20-22-12-13-28-20)16-8-2-1-3-9-16)14-29-21-23-17(25-26-21)11-10-15-6-4-5-7-15/h1-3,8-9,12-13,15,19H,4-7,10-11,14H2,(H,24,27)(H,23,25,26). The van der Waals surface area contributed by atoms with Gasteiger partial charge in [0.05, 0.1) is 5.75 Å². The van der Waals surface area contributed by atoms with Crippen molar-refractivity contribution in [2.24, 2.45) is 5.92 Å². The number of aromatic amines is 1. The summed E-state index contributed by atoms with van der Waals surface area (Å²) in [5.74, 6) is 1.97. The van der Waals surface area contributed by atoms with Gasteiger partial charge in [0.15, 0.2) is 0 Å². The van der Waals surface area contributed by atoms with E-state index in [2.05, 4.69) is 25.5 Å². The van der Waals surface area contributed by atoms with E-state index in [9.17, 15) is 4.79 Å². The number of carbonyl (C=O) groups excluding carboxylic acids is 1. The van der Waals surface area contributed by atoms with Gasteiger partial charge in [-0.1, -0.05) is 67.8 Å². The van der Waals surface area contributed by atoms with E-state index < -0.39 is 0 Å². The lowest BCUT2D eigenvalue weighted by molar-refractivity contribution is -0.119. The van der Waals surface area contributed by atoms with Crippen LogP contribution in [0.1, 0.15) is 54.5 Å². The van der Waals surface area contributed by atoms with Crippen LogP contribution in [0.3, 0.4) is 0 Å². The fourth-order valence-electron chi connectivity index (χ4n) is 3.74. The van der Waals surface area contributed by atoms with Crippen LogP contribution in [0.25, 0.3) is 0 Å². The summed E-state index contributed by atoms with van der Waals surface area (Å²) in [4.78, 5) is 21.5. The highest BCUT2D eigenvalue weighted by Gasteiger charge is 2.20. The topological polar surface area (TPSA) is 83.6 Å². The van der Waals surface area contributed by atoms with Crippen LogP contribution in [0.2, 0.25) is 0 Å². The van der Waals surface area contributed by atoms with Gasteiger partial charge >= 0.3 is 0 Å². The Labute approximate surface area is 179 Å². The number of nitrogens with zero attached hydrogens (tertiary/aromatic N) is 3. The zero-order chi connectivity index (χ0) is 19.9. The molecule has 1 atom stereocenters. The SMILES string of the molecule is O=C(CSc1n[nH]c(CCC2CCCC2)n1)NC(c1ccccc1)c1nccs1. The third kappa shape index (κ3) is 5.67. The maximum Gasteiger partial charge on any atom is 0.231 e. The molecule has 29 heavy (non-hydrogen) atoms. The molecule has 0 bridgehead atoms. The smallest absolute Gasteiger partial charge is 0.231 e. The summed E-state index contributed by atoms with van der Waals surface area (Å²) in [6.07, 6.45) is 9.29. The van der Waals surface area contributed by atoms with Crippen LogP contribution in [0.4, 0.5) is 0 Å². The van der Waals surface area contributed by atoms with E-state index in [4.69, 9.17) is 0 Å². The van der Waals surface area contributed by atoms with Crippen molar-refractivity contribution in [3.63, 3.8) is 0 Å². The van der Waals surface area contributed by atoms with Crippen LogP contribution in [-0.2, 0) is 11.2 Å².